The minimum absolute atomic E-state index is 0.422. The molecule has 0 radical (unpaired) electrons. The molecule has 0 spiro atoms. The molecule has 0 aliphatic heterocycles. The van der Waals surface area contributed by atoms with Crippen LogP contribution >= 0.6 is 23.2 Å². The molecule has 0 aliphatic rings. The maximum atomic E-state index is 6.23. The molecule has 3 aromatic rings. The third-order valence-electron chi connectivity index (χ3n) is 4.24. The van der Waals surface area contributed by atoms with E-state index >= 15 is 0 Å². The first kappa shape index (κ1) is 18.8. The first-order valence-corrected chi connectivity index (χ1v) is 9.39. The number of para-hydroxylation sites is 1. The average Bonchev–Trinajstić information content (AvgIpc) is 2.64. The van der Waals surface area contributed by atoms with Gasteiger partial charge in [0.1, 0.15) is 25.4 Å². The van der Waals surface area contributed by atoms with Gasteiger partial charge in [-0.05, 0) is 31.2 Å². The number of nitrogens with two attached hydrogens (primary N) is 1. The highest BCUT2D eigenvalue weighted by Crippen LogP contribution is 2.24. The summed E-state index contributed by atoms with van der Waals surface area (Å²) in [4.78, 5) is 0. The maximum Gasteiger partial charge on any atom is 0.128 e. The molecule has 0 saturated heterocycles. The molecule has 0 amide bonds. The molecule has 26 heavy (non-hydrogen) atoms. The second-order valence-electron chi connectivity index (χ2n) is 6.31. The minimum atomic E-state index is 0.422. The van der Waals surface area contributed by atoms with Crippen molar-refractivity contribution in [2.45, 2.75) is 26.6 Å². The fourth-order valence-electron chi connectivity index (χ4n) is 2.73. The summed E-state index contributed by atoms with van der Waals surface area (Å²) >= 11 is 12.2. The first-order chi connectivity index (χ1) is 12.6. The summed E-state index contributed by atoms with van der Waals surface area (Å²) in [5, 5.41) is 3.54. The number of rotatable bonds is 7. The zero-order chi connectivity index (χ0) is 18.4. The van der Waals surface area contributed by atoms with Crippen molar-refractivity contribution < 1.29 is 10.1 Å². The normalized spacial score (nSPS) is 10.7. The molecule has 0 fully saturated rings. The summed E-state index contributed by atoms with van der Waals surface area (Å²) in [6.07, 6.45) is 0. The monoisotopic (exact) mass is 386 g/mol. The van der Waals surface area contributed by atoms with Crippen molar-refractivity contribution in [3.63, 3.8) is 0 Å². The van der Waals surface area contributed by atoms with E-state index in [1.165, 1.54) is 16.7 Å². The van der Waals surface area contributed by atoms with Crippen LogP contribution < -0.4 is 10.1 Å². The number of quaternary nitrogens is 1. The topological polar surface area (TPSA) is 25.8 Å². The summed E-state index contributed by atoms with van der Waals surface area (Å²) in [6, 6.07) is 22.2. The van der Waals surface area contributed by atoms with Gasteiger partial charge in [-0.2, -0.15) is 0 Å². The molecule has 0 aromatic heterocycles. The SMILES string of the molecule is Cc1ccc(C[NH2+]Cc2ccccc2OCc2ccc(Cl)cc2Cl)cc1. The van der Waals surface area contributed by atoms with Crippen LogP contribution in [0.25, 0.3) is 0 Å². The van der Waals surface area contributed by atoms with E-state index in [9.17, 15) is 0 Å². The van der Waals surface area contributed by atoms with Crippen LogP contribution in [0.3, 0.4) is 0 Å². The van der Waals surface area contributed by atoms with Crippen LogP contribution in [-0.2, 0) is 19.7 Å². The van der Waals surface area contributed by atoms with Crippen LogP contribution in [0.4, 0.5) is 0 Å². The molecule has 4 heteroatoms. The molecule has 2 N–H and O–H groups in total. The van der Waals surface area contributed by atoms with Gasteiger partial charge in [-0.25, -0.2) is 0 Å². The largest absolute Gasteiger partial charge is 0.488 e. The Morgan fingerprint density at radius 1 is 0.846 bits per heavy atom. The van der Waals surface area contributed by atoms with Crippen molar-refractivity contribution in [2.24, 2.45) is 0 Å². The average molecular weight is 387 g/mol. The Hall–Kier alpha value is -2.00. The second-order valence-corrected chi connectivity index (χ2v) is 7.16. The molecule has 0 bridgehead atoms. The highest BCUT2D eigenvalue weighted by molar-refractivity contribution is 6.35. The lowest BCUT2D eigenvalue weighted by Crippen LogP contribution is -2.80. The highest BCUT2D eigenvalue weighted by atomic mass is 35.5. The first-order valence-electron chi connectivity index (χ1n) is 8.63. The van der Waals surface area contributed by atoms with Crippen molar-refractivity contribution in [3.8, 4) is 5.75 Å². The smallest absolute Gasteiger partial charge is 0.128 e. The van der Waals surface area contributed by atoms with Crippen molar-refractivity contribution in [1.82, 2.24) is 0 Å². The zero-order valence-electron chi connectivity index (χ0n) is 14.7. The van der Waals surface area contributed by atoms with Gasteiger partial charge in [0.25, 0.3) is 0 Å². The van der Waals surface area contributed by atoms with Gasteiger partial charge in [-0.3, -0.25) is 0 Å². The molecule has 0 atom stereocenters. The van der Waals surface area contributed by atoms with Crippen LogP contribution in [0.15, 0.2) is 66.7 Å². The van der Waals surface area contributed by atoms with E-state index in [0.717, 1.165) is 24.4 Å². The second kappa shape index (κ2) is 9.09. The van der Waals surface area contributed by atoms with Gasteiger partial charge in [0.15, 0.2) is 0 Å². The summed E-state index contributed by atoms with van der Waals surface area (Å²) in [7, 11) is 0. The van der Waals surface area contributed by atoms with Crippen molar-refractivity contribution >= 4 is 23.2 Å². The van der Waals surface area contributed by atoms with Crippen molar-refractivity contribution in [1.29, 1.82) is 0 Å². The van der Waals surface area contributed by atoms with Crippen LogP contribution in [0.2, 0.25) is 10.0 Å². The Balaban J connectivity index is 1.59. The predicted octanol–water partition coefficient (Wildman–Crippen LogP) is 5.14. The molecule has 2 nitrogen and oxygen atoms in total. The third kappa shape index (κ3) is 5.25. The summed E-state index contributed by atoms with van der Waals surface area (Å²) < 4.78 is 6.01. The Morgan fingerprint density at radius 3 is 2.38 bits per heavy atom. The van der Waals surface area contributed by atoms with E-state index in [1.807, 2.05) is 30.3 Å². The van der Waals surface area contributed by atoms with Gasteiger partial charge in [0.05, 0.1) is 0 Å². The van der Waals surface area contributed by atoms with Gasteiger partial charge in [0.2, 0.25) is 0 Å². The Bertz CT molecular complexity index is 862. The number of ether oxygens (including phenoxy) is 1. The van der Waals surface area contributed by atoms with Crippen LogP contribution in [0.1, 0.15) is 22.3 Å². The molecule has 134 valence electrons. The van der Waals surface area contributed by atoms with Gasteiger partial charge in [0, 0.05) is 26.7 Å². The van der Waals surface area contributed by atoms with Crippen LogP contribution in [-0.4, -0.2) is 0 Å². The van der Waals surface area contributed by atoms with Gasteiger partial charge < -0.3 is 10.1 Å². The molecule has 0 heterocycles. The Morgan fingerprint density at radius 2 is 1.62 bits per heavy atom. The van der Waals surface area contributed by atoms with E-state index in [4.69, 9.17) is 27.9 Å². The molecular formula is C22H22Cl2NO+. The minimum Gasteiger partial charge on any atom is -0.488 e. The van der Waals surface area contributed by atoms with E-state index in [0.29, 0.717) is 16.7 Å². The number of benzene rings is 3. The fourth-order valence-corrected chi connectivity index (χ4v) is 3.19. The summed E-state index contributed by atoms with van der Waals surface area (Å²) in [5.74, 6) is 0.888. The molecule has 0 aliphatic carbocycles. The summed E-state index contributed by atoms with van der Waals surface area (Å²) in [6.45, 7) is 4.33. The van der Waals surface area contributed by atoms with Gasteiger partial charge >= 0.3 is 0 Å². The standard InChI is InChI=1S/C22H21Cl2NO/c1-16-6-8-17(9-7-16)13-25-14-18-4-2-3-5-22(18)26-15-19-10-11-20(23)12-21(19)24/h2-12,25H,13-15H2,1H3/p+1. The lowest BCUT2D eigenvalue weighted by molar-refractivity contribution is -0.686. The van der Waals surface area contributed by atoms with Crippen molar-refractivity contribution in [2.75, 3.05) is 0 Å². The third-order valence-corrected chi connectivity index (χ3v) is 4.82. The van der Waals surface area contributed by atoms with Gasteiger partial charge in [-0.1, -0.05) is 71.2 Å². The molecule has 0 unspecified atom stereocenters. The lowest BCUT2D eigenvalue weighted by Gasteiger charge is -2.12. The molecule has 3 aromatic carbocycles. The molecule has 3 rings (SSSR count). The quantitative estimate of drug-likeness (QED) is 0.597. The Labute approximate surface area is 164 Å². The molecular weight excluding hydrogens is 365 g/mol. The van der Waals surface area contributed by atoms with E-state index < -0.39 is 0 Å². The van der Waals surface area contributed by atoms with Gasteiger partial charge in [-0.15, -0.1) is 0 Å². The number of hydrogen-bond acceptors (Lipinski definition) is 1. The van der Waals surface area contributed by atoms with Crippen LogP contribution in [0, 0.1) is 6.92 Å². The highest BCUT2D eigenvalue weighted by Gasteiger charge is 2.07. The summed E-state index contributed by atoms with van der Waals surface area (Å²) in [5.41, 5.74) is 4.70. The fraction of sp³-hybridized carbons (Fsp3) is 0.182. The lowest BCUT2D eigenvalue weighted by atomic mass is 10.1. The molecule has 0 saturated carbocycles. The maximum absolute atomic E-state index is 6.23. The number of hydrogen-bond donors (Lipinski definition) is 1. The Kier molecular flexibility index (Phi) is 6.56. The van der Waals surface area contributed by atoms with Crippen LogP contribution in [0.5, 0.6) is 5.75 Å². The van der Waals surface area contributed by atoms with E-state index in [2.05, 4.69) is 42.6 Å². The number of aryl methyl sites for hydroxylation is 1. The zero-order valence-corrected chi connectivity index (χ0v) is 16.2. The van der Waals surface area contributed by atoms with E-state index in [1.54, 1.807) is 6.07 Å². The predicted molar refractivity (Wildman–Crippen MR) is 108 cm³/mol. The van der Waals surface area contributed by atoms with E-state index in [-0.39, 0.29) is 0 Å². The van der Waals surface area contributed by atoms with Crippen molar-refractivity contribution in [3.05, 3.63) is 99.0 Å². The number of halogens is 2.